The van der Waals surface area contributed by atoms with Gasteiger partial charge < -0.3 is 14.0 Å². The van der Waals surface area contributed by atoms with Crippen LogP contribution >= 0.6 is 0 Å². The lowest BCUT2D eigenvalue weighted by molar-refractivity contribution is -0.286. The van der Waals surface area contributed by atoms with Crippen LogP contribution in [-0.2, 0) is 10.0 Å². The largest absolute Gasteiger partial charge is 0.586 e. The molecule has 0 spiro atoms. The van der Waals surface area contributed by atoms with Gasteiger partial charge >= 0.3 is 6.29 Å². The maximum absolute atomic E-state index is 14.8. The number of hydrogen-bond donors (Lipinski definition) is 0. The van der Waals surface area contributed by atoms with E-state index < -0.39 is 22.1 Å². The van der Waals surface area contributed by atoms with Crippen LogP contribution in [0.25, 0.3) is 22.6 Å². The van der Waals surface area contributed by atoms with Crippen LogP contribution in [0, 0.1) is 12.7 Å². The van der Waals surface area contributed by atoms with Gasteiger partial charge in [0.05, 0.1) is 10.5 Å². The zero-order valence-corrected chi connectivity index (χ0v) is 20.4. The zero-order valence-electron chi connectivity index (χ0n) is 19.6. The summed E-state index contributed by atoms with van der Waals surface area (Å²) in [6.45, 7) is 2.19. The highest BCUT2D eigenvalue weighted by Gasteiger charge is 2.44. The molecular formula is C25H21F3N4O4S. The van der Waals surface area contributed by atoms with Gasteiger partial charge in [-0.1, -0.05) is 12.1 Å². The van der Waals surface area contributed by atoms with E-state index in [4.69, 9.17) is 0 Å². The molecule has 0 amide bonds. The third kappa shape index (κ3) is 4.09. The van der Waals surface area contributed by atoms with Crippen molar-refractivity contribution in [2.75, 3.05) is 13.1 Å². The Labute approximate surface area is 210 Å². The molecule has 2 aromatic heterocycles. The summed E-state index contributed by atoms with van der Waals surface area (Å²) in [6.07, 6.45) is -2.99. The molecule has 4 aromatic rings. The number of alkyl halides is 2. The van der Waals surface area contributed by atoms with Crippen molar-refractivity contribution in [2.24, 2.45) is 0 Å². The van der Waals surface area contributed by atoms with Crippen LogP contribution in [0.2, 0.25) is 0 Å². The van der Waals surface area contributed by atoms with Crippen LogP contribution in [0.15, 0.2) is 59.5 Å². The van der Waals surface area contributed by atoms with Crippen molar-refractivity contribution in [3.63, 3.8) is 0 Å². The molecule has 192 valence electrons. The summed E-state index contributed by atoms with van der Waals surface area (Å²) in [5.41, 5.74) is 2.35. The van der Waals surface area contributed by atoms with Crippen LogP contribution in [0.3, 0.4) is 0 Å². The van der Waals surface area contributed by atoms with Gasteiger partial charge in [0.2, 0.25) is 10.0 Å². The number of nitrogens with zero attached hydrogens (tertiary/aromatic N) is 4. The second-order valence-corrected chi connectivity index (χ2v) is 10.9. The maximum atomic E-state index is 14.8. The topological polar surface area (TPSA) is 86.6 Å². The molecule has 2 aliphatic rings. The smallest absolute Gasteiger partial charge is 0.395 e. The van der Waals surface area contributed by atoms with Gasteiger partial charge in [0.15, 0.2) is 17.1 Å². The number of rotatable bonds is 4. The molecule has 0 radical (unpaired) electrons. The number of imidazole rings is 1. The first kappa shape index (κ1) is 23.7. The average molecular weight is 531 g/mol. The summed E-state index contributed by atoms with van der Waals surface area (Å²) >= 11 is 0. The molecule has 12 heteroatoms. The van der Waals surface area contributed by atoms with Crippen molar-refractivity contribution < 1.29 is 31.1 Å². The molecule has 4 heterocycles. The van der Waals surface area contributed by atoms with Crippen LogP contribution < -0.4 is 9.47 Å². The van der Waals surface area contributed by atoms with E-state index in [0.717, 1.165) is 17.8 Å². The molecule has 0 unspecified atom stereocenters. The average Bonchev–Trinajstić information content (AvgIpc) is 3.39. The molecule has 0 bridgehead atoms. The van der Waals surface area contributed by atoms with Gasteiger partial charge in [0.25, 0.3) is 0 Å². The zero-order chi connectivity index (χ0) is 25.9. The molecule has 37 heavy (non-hydrogen) atoms. The van der Waals surface area contributed by atoms with Gasteiger partial charge in [0.1, 0.15) is 17.2 Å². The van der Waals surface area contributed by atoms with Gasteiger partial charge in [-0.15, -0.1) is 8.78 Å². The van der Waals surface area contributed by atoms with Crippen LogP contribution in [0.1, 0.15) is 24.6 Å². The Balaban J connectivity index is 1.30. The minimum atomic E-state index is -3.98. The standard InChI is InChI=1S/C25H21F3N4O4S/c1-15-6-8-20-24(29-15)32(23(30-20)18-4-2-3-5-19(18)26)16-10-12-31(13-11-16)37(33,34)17-7-9-21-22(14-17)36-25(27,28)35-21/h2-9,14,16H,10-13H2,1H3. The van der Waals surface area contributed by atoms with E-state index in [-0.39, 0.29) is 35.5 Å². The first-order valence-corrected chi connectivity index (χ1v) is 13.1. The number of piperidine rings is 1. The minimum Gasteiger partial charge on any atom is -0.395 e. The molecule has 8 nitrogen and oxygen atoms in total. The number of aryl methyl sites for hydroxylation is 1. The van der Waals surface area contributed by atoms with Crippen LogP contribution in [0.4, 0.5) is 13.2 Å². The maximum Gasteiger partial charge on any atom is 0.586 e. The number of sulfonamides is 1. The predicted molar refractivity (Wildman–Crippen MR) is 127 cm³/mol. The van der Waals surface area contributed by atoms with E-state index in [1.807, 2.05) is 23.6 Å². The minimum absolute atomic E-state index is 0.164. The summed E-state index contributed by atoms with van der Waals surface area (Å²) in [5, 5.41) is 0. The lowest BCUT2D eigenvalue weighted by Crippen LogP contribution is -2.39. The number of hydrogen-bond acceptors (Lipinski definition) is 6. The number of benzene rings is 2. The number of ether oxygens (including phenoxy) is 2. The molecule has 0 atom stereocenters. The van der Waals surface area contributed by atoms with Crippen molar-refractivity contribution in [2.45, 2.75) is 37.0 Å². The molecular weight excluding hydrogens is 509 g/mol. The quantitative estimate of drug-likeness (QED) is 0.373. The van der Waals surface area contributed by atoms with E-state index in [0.29, 0.717) is 35.4 Å². The summed E-state index contributed by atoms with van der Waals surface area (Å²) in [4.78, 5) is 9.14. The first-order valence-electron chi connectivity index (χ1n) is 11.6. The lowest BCUT2D eigenvalue weighted by Gasteiger charge is -2.32. The first-order chi connectivity index (χ1) is 17.6. The van der Waals surface area contributed by atoms with Crippen molar-refractivity contribution in [1.82, 2.24) is 18.8 Å². The number of halogens is 3. The van der Waals surface area contributed by atoms with Gasteiger partial charge in [-0.05, 0) is 56.2 Å². The van der Waals surface area contributed by atoms with Crippen molar-refractivity contribution in [3.05, 3.63) is 66.1 Å². The lowest BCUT2D eigenvalue weighted by atomic mass is 10.1. The molecule has 0 saturated carbocycles. The second-order valence-electron chi connectivity index (χ2n) is 8.99. The Morgan fingerprint density at radius 1 is 0.973 bits per heavy atom. The van der Waals surface area contributed by atoms with Gasteiger partial charge in [-0.3, -0.25) is 0 Å². The molecule has 0 aliphatic carbocycles. The Kier molecular flexibility index (Phi) is 5.42. The highest BCUT2D eigenvalue weighted by atomic mass is 32.2. The van der Waals surface area contributed by atoms with Crippen molar-refractivity contribution >= 4 is 21.2 Å². The third-order valence-electron chi connectivity index (χ3n) is 6.59. The van der Waals surface area contributed by atoms with Crippen LogP contribution in [0.5, 0.6) is 11.5 Å². The fourth-order valence-corrected chi connectivity index (χ4v) is 6.31. The van der Waals surface area contributed by atoms with E-state index in [1.54, 1.807) is 18.2 Å². The van der Waals surface area contributed by atoms with Gasteiger partial charge in [-0.25, -0.2) is 22.8 Å². The molecule has 1 fully saturated rings. The Morgan fingerprint density at radius 2 is 1.70 bits per heavy atom. The number of fused-ring (bicyclic) bond motifs is 2. The number of aromatic nitrogens is 3. The molecule has 1 saturated heterocycles. The summed E-state index contributed by atoms with van der Waals surface area (Å²) in [7, 11) is -3.98. The second kappa shape index (κ2) is 8.45. The van der Waals surface area contributed by atoms with E-state index in [9.17, 15) is 21.6 Å². The van der Waals surface area contributed by atoms with E-state index >= 15 is 0 Å². The monoisotopic (exact) mass is 530 g/mol. The highest BCUT2D eigenvalue weighted by molar-refractivity contribution is 7.89. The molecule has 2 aliphatic heterocycles. The Hall–Kier alpha value is -3.64. The predicted octanol–water partition coefficient (Wildman–Crippen LogP) is 4.89. The highest BCUT2D eigenvalue weighted by Crippen LogP contribution is 2.43. The van der Waals surface area contributed by atoms with Crippen molar-refractivity contribution in [3.8, 4) is 22.9 Å². The SMILES string of the molecule is Cc1ccc2nc(-c3ccccc3F)n(C3CCN(S(=O)(=O)c4ccc5c(c4)OC(F)(F)O5)CC3)c2n1. The summed E-state index contributed by atoms with van der Waals surface area (Å²) in [6, 6.07) is 13.3. The van der Waals surface area contributed by atoms with Gasteiger partial charge in [0, 0.05) is 30.9 Å². The number of pyridine rings is 1. The molecule has 6 rings (SSSR count). The Morgan fingerprint density at radius 3 is 2.46 bits per heavy atom. The van der Waals surface area contributed by atoms with E-state index in [1.165, 1.54) is 16.4 Å². The van der Waals surface area contributed by atoms with E-state index in [2.05, 4.69) is 19.4 Å². The summed E-state index contributed by atoms with van der Waals surface area (Å²) < 4.78 is 80.1. The Bertz CT molecular complexity index is 1630. The van der Waals surface area contributed by atoms with Crippen LogP contribution in [-0.4, -0.2) is 46.6 Å². The molecule has 2 aromatic carbocycles. The van der Waals surface area contributed by atoms with Gasteiger partial charge in [-0.2, -0.15) is 4.31 Å². The van der Waals surface area contributed by atoms with Crippen molar-refractivity contribution in [1.29, 1.82) is 0 Å². The summed E-state index contributed by atoms with van der Waals surface area (Å²) in [5.74, 6) is -0.534. The molecule has 0 N–H and O–H groups in total. The third-order valence-corrected chi connectivity index (χ3v) is 8.48. The fraction of sp³-hybridized carbons (Fsp3) is 0.280. The fourth-order valence-electron chi connectivity index (χ4n) is 4.83. The normalized spacial score (nSPS) is 17.9.